The van der Waals surface area contributed by atoms with Crippen molar-refractivity contribution in [3.8, 4) is 11.5 Å². The minimum absolute atomic E-state index is 0.0139. The van der Waals surface area contributed by atoms with Gasteiger partial charge in [-0.05, 0) is 63.9 Å². The smallest absolute Gasteiger partial charge is 0.166 e. The number of ether oxygens (including phenoxy) is 3. The Kier molecular flexibility index (Phi) is 3.57. The predicted octanol–water partition coefficient (Wildman–Crippen LogP) is 3.28. The van der Waals surface area contributed by atoms with Gasteiger partial charge < -0.3 is 19.1 Å². The Labute approximate surface area is 144 Å². The Hall–Kier alpha value is -1.68. The number of fused-ring (bicyclic) bond motifs is 1. The second-order valence-electron chi connectivity index (χ2n) is 7.45. The Morgan fingerprint density at radius 1 is 1.25 bits per heavy atom. The summed E-state index contributed by atoms with van der Waals surface area (Å²) in [7, 11) is 5.71. The molecule has 1 aromatic rings. The molecule has 0 unspecified atom stereocenters. The van der Waals surface area contributed by atoms with E-state index in [1.165, 1.54) is 11.1 Å². The molecule has 0 N–H and O–H groups in total. The fourth-order valence-electron chi connectivity index (χ4n) is 5.26. The average Bonchev–Trinajstić information content (AvgIpc) is 2.94. The molecule has 4 rings (SSSR count). The van der Waals surface area contributed by atoms with Crippen LogP contribution < -0.4 is 9.47 Å². The summed E-state index contributed by atoms with van der Waals surface area (Å²) in [5.41, 5.74) is 2.63. The summed E-state index contributed by atoms with van der Waals surface area (Å²) < 4.78 is 17.9. The number of rotatable bonds is 2. The van der Waals surface area contributed by atoms with Crippen LogP contribution >= 0.6 is 0 Å². The van der Waals surface area contributed by atoms with Crippen LogP contribution in [-0.2, 0) is 10.2 Å². The number of likely N-dealkylation sites (tertiary alicyclic amines) is 1. The lowest BCUT2D eigenvalue weighted by Crippen LogP contribution is -2.59. The number of methoxy groups -OCH3 is 2. The van der Waals surface area contributed by atoms with E-state index in [4.69, 9.17) is 14.2 Å². The third-order valence-corrected chi connectivity index (χ3v) is 6.60. The number of nitrogens with zero attached hydrogens (tertiary/aromatic N) is 1. The fourth-order valence-corrected chi connectivity index (χ4v) is 5.26. The summed E-state index contributed by atoms with van der Waals surface area (Å²) in [5, 5.41) is 0. The van der Waals surface area contributed by atoms with Gasteiger partial charge in [0, 0.05) is 17.0 Å². The van der Waals surface area contributed by atoms with Gasteiger partial charge in [0.1, 0.15) is 5.76 Å². The number of benzene rings is 1. The average molecular weight is 329 g/mol. The van der Waals surface area contributed by atoms with Gasteiger partial charge in [-0.1, -0.05) is 6.07 Å². The van der Waals surface area contributed by atoms with E-state index < -0.39 is 0 Å². The summed E-state index contributed by atoms with van der Waals surface area (Å²) >= 11 is 0. The fraction of sp³-hybridized carbons (Fsp3) is 0.600. The largest absolute Gasteiger partial charge is 0.497 e. The van der Waals surface area contributed by atoms with Crippen molar-refractivity contribution >= 4 is 0 Å². The van der Waals surface area contributed by atoms with Crippen molar-refractivity contribution in [3.05, 3.63) is 35.1 Å². The van der Waals surface area contributed by atoms with Crippen molar-refractivity contribution in [2.24, 2.45) is 5.92 Å². The summed E-state index contributed by atoms with van der Waals surface area (Å²) in [4.78, 5) is 2.48. The molecule has 4 heteroatoms. The molecule has 0 radical (unpaired) electrons. The second kappa shape index (κ2) is 5.41. The van der Waals surface area contributed by atoms with Crippen LogP contribution in [0, 0.1) is 12.8 Å². The number of aryl methyl sites for hydroxylation is 1. The number of allylic oxidation sites excluding steroid dienone is 1. The van der Waals surface area contributed by atoms with E-state index in [2.05, 4.69) is 37.9 Å². The maximum Gasteiger partial charge on any atom is 0.166 e. The van der Waals surface area contributed by atoms with Crippen molar-refractivity contribution in [1.82, 2.24) is 4.90 Å². The highest BCUT2D eigenvalue weighted by Gasteiger charge is 2.61. The quantitative estimate of drug-likeness (QED) is 0.833. The Morgan fingerprint density at radius 3 is 2.75 bits per heavy atom. The van der Waals surface area contributed by atoms with E-state index in [-0.39, 0.29) is 11.5 Å². The number of hydrogen-bond acceptors (Lipinski definition) is 4. The van der Waals surface area contributed by atoms with Gasteiger partial charge in [0.25, 0.3) is 0 Å². The lowest BCUT2D eigenvalue weighted by molar-refractivity contribution is -0.0142. The van der Waals surface area contributed by atoms with Crippen LogP contribution in [0.25, 0.3) is 0 Å². The molecule has 1 saturated heterocycles. The monoisotopic (exact) mass is 329 g/mol. The minimum Gasteiger partial charge on any atom is -0.497 e. The highest BCUT2D eigenvalue weighted by Crippen LogP contribution is 2.60. The Balaban J connectivity index is 1.96. The third kappa shape index (κ3) is 1.83. The molecule has 0 saturated carbocycles. The van der Waals surface area contributed by atoms with Gasteiger partial charge >= 0.3 is 0 Å². The zero-order chi connectivity index (χ0) is 17.1. The van der Waals surface area contributed by atoms with Crippen molar-refractivity contribution < 1.29 is 14.2 Å². The van der Waals surface area contributed by atoms with Crippen molar-refractivity contribution in [2.45, 2.75) is 44.2 Å². The standard InChI is InChI=1S/C20H27NO3/c1-12-6-8-15(22-4)18-17(12)20-10-11-21(3)13(2)14(20)7-9-16(23-5)19(20)24-18/h6,8-9,13-14,19H,7,10-11H2,1-5H3/t13-,14+,19+,20+/m1/s1. The molecule has 3 aliphatic rings. The van der Waals surface area contributed by atoms with Crippen molar-refractivity contribution in [1.29, 1.82) is 0 Å². The van der Waals surface area contributed by atoms with Gasteiger partial charge in [-0.25, -0.2) is 0 Å². The topological polar surface area (TPSA) is 30.9 Å². The van der Waals surface area contributed by atoms with Gasteiger partial charge in [-0.15, -0.1) is 0 Å². The van der Waals surface area contributed by atoms with Crippen LogP contribution in [0.15, 0.2) is 24.0 Å². The normalized spacial score (nSPS) is 34.5. The van der Waals surface area contributed by atoms with Gasteiger partial charge in [-0.3, -0.25) is 0 Å². The van der Waals surface area contributed by atoms with Crippen LogP contribution in [0.4, 0.5) is 0 Å². The van der Waals surface area contributed by atoms with E-state index in [9.17, 15) is 0 Å². The van der Waals surface area contributed by atoms with Gasteiger partial charge in [0.2, 0.25) is 0 Å². The highest BCUT2D eigenvalue weighted by molar-refractivity contribution is 5.60. The first-order valence-electron chi connectivity index (χ1n) is 8.83. The van der Waals surface area contributed by atoms with E-state index >= 15 is 0 Å². The molecule has 1 spiro atoms. The van der Waals surface area contributed by atoms with Gasteiger partial charge in [-0.2, -0.15) is 0 Å². The van der Waals surface area contributed by atoms with E-state index in [0.29, 0.717) is 12.0 Å². The van der Waals surface area contributed by atoms with Gasteiger partial charge in [0.15, 0.2) is 17.6 Å². The van der Waals surface area contributed by atoms with Crippen LogP contribution in [0.1, 0.15) is 30.9 Å². The molecule has 0 aromatic heterocycles. The first-order chi connectivity index (χ1) is 11.5. The molecule has 1 aromatic carbocycles. The molecule has 0 bridgehead atoms. The first-order valence-corrected chi connectivity index (χ1v) is 8.83. The lowest BCUT2D eigenvalue weighted by Gasteiger charge is -2.53. The highest BCUT2D eigenvalue weighted by atomic mass is 16.6. The van der Waals surface area contributed by atoms with Crippen molar-refractivity contribution in [2.75, 3.05) is 27.8 Å². The zero-order valence-corrected chi connectivity index (χ0v) is 15.3. The lowest BCUT2D eigenvalue weighted by atomic mass is 9.57. The Bertz CT molecular complexity index is 698. The van der Waals surface area contributed by atoms with E-state index in [1.54, 1.807) is 14.2 Å². The van der Waals surface area contributed by atoms with Crippen LogP contribution in [0.2, 0.25) is 0 Å². The maximum absolute atomic E-state index is 6.52. The molecule has 1 aliphatic carbocycles. The predicted molar refractivity (Wildman–Crippen MR) is 93.7 cm³/mol. The van der Waals surface area contributed by atoms with Gasteiger partial charge in [0.05, 0.1) is 14.2 Å². The van der Waals surface area contributed by atoms with Crippen LogP contribution in [0.5, 0.6) is 11.5 Å². The van der Waals surface area contributed by atoms with E-state index in [1.807, 2.05) is 6.07 Å². The summed E-state index contributed by atoms with van der Waals surface area (Å²) in [5.74, 6) is 3.25. The first kappa shape index (κ1) is 15.8. The molecule has 24 heavy (non-hydrogen) atoms. The van der Waals surface area contributed by atoms with Crippen molar-refractivity contribution in [3.63, 3.8) is 0 Å². The summed E-state index contributed by atoms with van der Waals surface area (Å²) in [6, 6.07) is 4.70. The molecule has 1 fully saturated rings. The number of piperidine rings is 1. The number of hydrogen-bond donors (Lipinski definition) is 0. The zero-order valence-electron chi connectivity index (χ0n) is 15.3. The maximum atomic E-state index is 6.52. The molecule has 2 aliphatic heterocycles. The molecule has 4 atom stereocenters. The summed E-state index contributed by atoms with van der Waals surface area (Å²) in [6.45, 7) is 5.62. The molecule has 130 valence electrons. The molecule has 2 heterocycles. The molecule has 0 amide bonds. The van der Waals surface area contributed by atoms with Crippen LogP contribution in [-0.4, -0.2) is 44.9 Å². The summed E-state index contributed by atoms with van der Waals surface area (Å²) in [6.07, 6.45) is 4.31. The Morgan fingerprint density at radius 2 is 2.04 bits per heavy atom. The minimum atomic E-state index is -0.0394. The molecular weight excluding hydrogens is 302 g/mol. The molecule has 4 nitrogen and oxygen atoms in total. The third-order valence-electron chi connectivity index (χ3n) is 6.60. The second-order valence-corrected chi connectivity index (χ2v) is 7.45. The van der Waals surface area contributed by atoms with Crippen LogP contribution in [0.3, 0.4) is 0 Å². The molecular formula is C20H27NO3. The SMILES string of the molecule is COC1=CC[C@H]2[C@@H](C)N(C)CC[C@@]23c2c(C)ccc(OC)c2O[C@@H]13. The van der Waals surface area contributed by atoms with E-state index in [0.717, 1.165) is 36.6 Å².